The van der Waals surface area contributed by atoms with Gasteiger partial charge in [0.25, 0.3) is 5.91 Å². The van der Waals surface area contributed by atoms with Gasteiger partial charge < -0.3 is 9.47 Å². The molecular formula is C28H22IN3O3S2. The first kappa shape index (κ1) is 25.5. The second-order valence-corrected chi connectivity index (χ2v) is 11.4. The van der Waals surface area contributed by atoms with E-state index in [-0.39, 0.29) is 11.7 Å². The Morgan fingerprint density at radius 2 is 1.92 bits per heavy atom. The van der Waals surface area contributed by atoms with E-state index in [1.165, 1.54) is 22.5 Å². The van der Waals surface area contributed by atoms with Crippen molar-refractivity contribution in [1.29, 1.82) is 0 Å². The number of thioether (sulfide) groups is 1. The molecule has 0 aliphatic rings. The Kier molecular flexibility index (Phi) is 8.22. The van der Waals surface area contributed by atoms with Crippen molar-refractivity contribution in [1.82, 2.24) is 10.4 Å². The number of thiazole rings is 1. The maximum atomic E-state index is 12.3. The number of nitrogens with zero attached hydrogens (tertiary/aromatic N) is 2. The van der Waals surface area contributed by atoms with E-state index in [1.54, 1.807) is 24.7 Å². The summed E-state index contributed by atoms with van der Waals surface area (Å²) in [6.07, 6.45) is 1.60. The van der Waals surface area contributed by atoms with Crippen LogP contribution in [0.4, 0.5) is 0 Å². The van der Waals surface area contributed by atoms with Crippen LogP contribution < -0.4 is 14.9 Å². The lowest BCUT2D eigenvalue weighted by atomic mass is 10.1. The second-order valence-electron chi connectivity index (χ2n) is 7.99. The van der Waals surface area contributed by atoms with Crippen LogP contribution in [0.15, 0.2) is 88.3 Å². The molecule has 0 spiro atoms. The minimum absolute atomic E-state index is 0.197. The monoisotopic (exact) mass is 639 g/mol. The number of amides is 1. The average molecular weight is 640 g/mol. The number of ether oxygens (including phenoxy) is 2. The average Bonchev–Trinajstić information content (AvgIpc) is 3.34. The lowest BCUT2D eigenvalue weighted by molar-refractivity contribution is -0.118. The number of fused-ring (bicyclic) bond motifs is 2. The van der Waals surface area contributed by atoms with Gasteiger partial charge in [-0.25, -0.2) is 10.4 Å². The predicted molar refractivity (Wildman–Crippen MR) is 160 cm³/mol. The molecule has 0 saturated heterocycles. The van der Waals surface area contributed by atoms with Gasteiger partial charge in [-0.3, -0.25) is 4.79 Å². The van der Waals surface area contributed by atoms with Gasteiger partial charge in [-0.1, -0.05) is 66.4 Å². The summed E-state index contributed by atoms with van der Waals surface area (Å²) in [7, 11) is 1.61. The lowest BCUT2D eigenvalue weighted by Crippen LogP contribution is -2.19. The highest BCUT2D eigenvalue weighted by atomic mass is 127. The normalized spacial score (nSPS) is 11.3. The first-order valence-electron chi connectivity index (χ1n) is 11.4. The van der Waals surface area contributed by atoms with Crippen LogP contribution in [0.25, 0.3) is 21.0 Å². The molecular weight excluding hydrogens is 617 g/mol. The van der Waals surface area contributed by atoms with Crippen LogP contribution in [0, 0.1) is 3.57 Å². The number of hydrogen-bond donors (Lipinski definition) is 1. The summed E-state index contributed by atoms with van der Waals surface area (Å²) in [5.74, 6) is 1.31. The van der Waals surface area contributed by atoms with Crippen molar-refractivity contribution in [2.45, 2.75) is 10.9 Å². The molecule has 37 heavy (non-hydrogen) atoms. The second kappa shape index (κ2) is 11.9. The van der Waals surface area contributed by atoms with Gasteiger partial charge in [0.15, 0.2) is 15.8 Å². The molecule has 5 rings (SSSR count). The van der Waals surface area contributed by atoms with Crippen molar-refractivity contribution in [2.75, 3.05) is 12.9 Å². The van der Waals surface area contributed by atoms with Crippen LogP contribution >= 0.6 is 45.7 Å². The molecule has 1 N–H and O–H groups in total. The highest BCUT2D eigenvalue weighted by Crippen LogP contribution is 2.35. The van der Waals surface area contributed by atoms with Gasteiger partial charge in [0, 0.05) is 0 Å². The third-order valence-electron chi connectivity index (χ3n) is 5.51. The summed E-state index contributed by atoms with van der Waals surface area (Å²) in [4.78, 5) is 16.8. The summed E-state index contributed by atoms with van der Waals surface area (Å²) < 4.78 is 14.6. The number of carbonyl (C=O) groups excluding carboxylic acids is 1. The number of para-hydroxylation sites is 1. The van der Waals surface area contributed by atoms with Crippen LogP contribution in [-0.2, 0) is 11.4 Å². The molecule has 4 aromatic carbocycles. The summed E-state index contributed by atoms with van der Waals surface area (Å²) >= 11 is 5.20. The van der Waals surface area contributed by atoms with E-state index in [0.29, 0.717) is 18.1 Å². The van der Waals surface area contributed by atoms with E-state index in [9.17, 15) is 4.79 Å². The minimum Gasteiger partial charge on any atom is -0.493 e. The summed E-state index contributed by atoms with van der Waals surface area (Å²) in [6, 6.07) is 26.2. The molecule has 1 amide bonds. The largest absolute Gasteiger partial charge is 0.493 e. The third-order valence-corrected chi connectivity index (χ3v) is 8.49. The first-order valence-corrected chi connectivity index (χ1v) is 14.3. The number of benzene rings is 4. The van der Waals surface area contributed by atoms with E-state index in [2.05, 4.69) is 62.4 Å². The Morgan fingerprint density at radius 3 is 2.78 bits per heavy atom. The third kappa shape index (κ3) is 6.23. The smallest absolute Gasteiger partial charge is 0.250 e. The highest BCUT2D eigenvalue weighted by Gasteiger charge is 2.13. The molecule has 0 aliphatic carbocycles. The number of hydrogen-bond acceptors (Lipinski definition) is 7. The molecule has 1 heterocycles. The maximum absolute atomic E-state index is 12.3. The minimum atomic E-state index is -0.197. The van der Waals surface area contributed by atoms with Crippen LogP contribution in [0.5, 0.6) is 11.5 Å². The van der Waals surface area contributed by atoms with Crippen molar-refractivity contribution in [3.63, 3.8) is 0 Å². The number of halogens is 1. The molecule has 0 fully saturated rings. The first-order chi connectivity index (χ1) is 18.1. The quantitative estimate of drug-likeness (QED) is 0.0824. The molecule has 186 valence electrons. The molecule has 9 heteroatoms. The highest BCUT2D eigenvalue weighted by molar-refractivity contribution is 14.1. The summed E-state index contributed by atoms with van der Waals surface area (Å²) in [6.45, 7) is 0.420. The molecule has 0 bridgehead atoms. The molecule has 0 atom stereocenters. The predicted octanol–water partition coefficient (Wildman–Crippen LogP) is 6.88. The van der Waals surface area contributed by atoms with Crippen LogP contribution in [0.3, 0.4) is 0 Å². The van der Waals surface area contributed by atoms with Crippen LogP contribution in [-0.4, -0.2) is 30.0 Å². The number of carbonyl (C=O) groups is 1. The lowest BCUT2D eigenvalue weighted by Gasteiger charge is -2.14. The molecule has 0 aliphatic heterocycles. The number of methoxy groups -OCH3 is 1. The van der Waals surface area contributed by atoms with E-state index < -0.39 is 0 Å². The van der Waals surface area contributed by atoms with Gasteiger partial charge in [0.2, 0.25) is 0 Å². The van der Waals surface area contributed by atoms with Crippen LogP contribution in [0.1, 0.15) is 11.1 Å². The van der Waals surface area contributed by atoms with Crippen molar-refractivity contribution in [3.8, 4) is 11.5 Å². The van der Waals surface area contributed by atoms with Crippen molar-refractivity contribution >= 4 is 78.8 Å². The topological polar surface area (TPSA) is 72.8 Å². The molecule has 1 aromatic heterocycles. The van der Waals surface area contributed by atoms with E-state index in [4.69, 9.17) is 9.47 Å². The Hall–Kier alpha value is -3.15. The van der Waals surface area contributed by atoms with Gasteiger partial charge in [-0.05, 0) is 68.8 Å². The number of hydrazone groups is 1. The van der Waals surface area contributed by atoms with Crippen LogP contribution in [0.2, 0.25) is 0 Å². The van der Waals surface area contributed by atoms with Gasteiger partial charge in [-0.15, -0.1) is 11.3 Å². The zero-order chi connectivity index (χ0) is 25.6. The number of aromatic nitrogens is 1. The molecule has 6 nitrogen and oxygen atoms in total. The zero-order valence-corrected chi connectivity index (χ0v) is 23.6. The fourth-order valence-electron chi connectivity index (χ4n) is 3.77. The van der Waals surface area contributed by atoms with E-state index in [0.717, 1.165) is 29.3 Å². The molecule has 0 radical (unpaired) electrons. The molecule has 5 aromatic rings. The Morgan fingerprint density at radius 1 is 1.11 bits per heavy atom. The summed E-state index contributed by atoms with van der Waals surface area (Å²) in [5.41, 5.74) is 5.42. The van der Waals surface area contributed by atoms with Crippen molar-refractivity contribution < 1.29 is 14.3 Å². The van der Waals surface area contributed by atoms with Gasteiger partial charge >= 0.3 is 0 Å². The number of nitrogens with one attached hydrogen (secondary N) is 1. The Balaban J connectivity index is 1.20. The van der Waals surface area contributed by atoms with E-state index >= 15 is 0 Å². The zero-order valence-electron chi connectivity index (χ0n) is 19.8. The van der Waals surface area contributed by atoms with Crippen molar-refractivity contribution in [3.05, 3.63) is 93.6 Å². The fourth-order valence-corrected chi connectivity index (χ4v) is 6.42. The molecule has 0 unspecified atom stereocenters. The molecule has 0 saturated carbocycles. The van der Waals surface area contributed by atoms with Gasteiger partial charge in [0.1, 0.15) is 6.61 Å². The fraction of sp³-hybridized carbons (Fsp3) is 0.107. The van der Waals surface area contributed by atoms with Gasteiger partial charge in [0.05, 0.1) is 32.9 Å². The van der Waals surface area contributed by atoms with Crippen molar-refractivity contribution in [2.24, 2.45) is 5.10 Å². The van der Waals surface area contributed by atoms with Gasteiger partial charge in [-0.2, -0.15) is 5.10 Å². The Bertz CT molecular complexity index is 1560. The summed E-state index contributed by atoms with van der Waals surface area (Å²) in [5, 5.41) is 6.46. The maximum Gasteiger partial charge on any atom is 0.250 e. The SMILES string of the molecule is COc1cc(/C=N\NC(=O)CSc2nc3ccccc3s2)cc(I)c1OCc1cccc2ccccc12. The van der Waals surface area contributed by atoms with E-state index in [1.807, 2.05) is 54.6 Å². The standard InChI is InChI=1S/C28H22IN3O3S2/c1-34-24-14-18(15-30-32-26(33)17-36-28-31-23-11-4-5-12-25(23)37-28)13-22(29)27(24)35-16-20-9-6-8-19-7-2-3-10-21(19)20/h2-15H,16-17H2,1H3,(H,32,33)/b30-15-. The Labute approximate surface area is 236 Å². The number of rotatable bonds is 9.